The number of amides is 1. The minimum absolute atomic E-state index is 0.244. The molecule has 0 aliphatic heterocycles. The minimum Gasteiger partial charge on any atom is -0.342 e. The standard InChI is InChI=1S/C15H22N2O/c1-16-10-9-15(18)17(2)14-8-7-12-5-3-4-6-13(12)11-14/h3-6,14,16H,7-11H2,1-2H3. The molecule has 1 atom stereocenters. The van der Waals surface area contributed by atoms with Crippen LogP contribution in [0.2, 0.25) is 0 Å². The lowest BCUT2D eigenvalue weighted by molar-refractivity contribution is -0.132. The van der Waals surface area contributed by atoms with Crippen molar-refractivity contribution in [1.29, 1.82) is 0 Å². The Labute approximate surface area is 109 Å². The van der Waals surface area contributed by atoms with Gasteiger partial charge in [-0.3, -0.25) is 4.79 Å². The fraction of sp³-hybridized carbons (Fsp3) is 0.533. The van der Waals surface area contributed by atoms with Crippen LogP contribution in [0.3, 0.4) is 0 Å². The Morgan fingerprint density at radius 2 is 2.11 bits per heavy atom. The van der Waals surface area contributed by atoms with Gasteiger partial charge in [0.1, 0.15) is 0 Å². The van der Waals surface area contributed by atoms with Crippen LogP contribution >= 0.6 is 0 Å². The van der Waals surface area contributed by atoms with Crippen LogP contribution < -0.4 is 5.32 Å². The number of benzene rings is 1. The van der Waals surface area contributed by atoms with Crippen molar-refractivity contribution >= 4 is 5.91 Å². The van der Waals surface area contributed by atoms with E-state index in [0.717, 1.165) is 25.8 Å². The Kier molecular flexibility index (Phi) is 4.37. The quantitative estimate of drug-likeness (QED) is 0.875. The van der Waals surface area contributed by atoms with Gasteiger partial charge in [0.25, 0.3) is 0 Å². The smallest absolute Gasteiger partial charge is 0.223 e. The van der Waals surface area contributed by atoms with E-state index in [1.165, 1.54) is 11.1 Å². The molecule has 3 nitrogen and oxygen atoms in total. The van der Waals surface area contributed by atoms with Gasteiger partial charge in [-0.25, -0.2) is 0 Å². The van der Waals surface area contributed by atoms with E-state index < -0.39 is 0 Å². The summed E-state index contributed by atoms with van der Waals surface area (Å²) in [6, 6.07) is 8.94. The molecule has 1 unspecified atom stereocenters. The van der Waals surface area contributed by atoms with E-state index in [2.05, 4.69) is 29.6 Å². The van der Waals surface area contributed by atoms with Crippen LogP contribution in [-0.4, -0.2) is 37.5 Å². The zero-order valence-corrected chi connectivity index (χ0v) is 11.3. The number of nitrogens with one attached hydrogen (secondary N) is 1. The molecule has 0 fully saturated rings. The number of aryl methyl sites for hydroxylation is 1. The first-order valence-electron chi connectivity index (χ1n) is 6.69. The normalized spacial score (nSPS) is 18.2. The Bertz CT molecular complexity index is 417. The number of hydrogen-bond donors (Lipinski definition) is 1. The molecule has 0 heterocycles. The molecule has 2 rings (SSSR count). The van der Waals surface area contributed by atoms with Gasteiger partial charge in [0.15, 0.2) is 0 Å². The molecule has 3 heteroatoms. The molecule has 0 aromatic heterocycles. The van der Waals surface area contributed by atoms with E-state index in [1.54, 1.807) is 0 Å². The number of fused-ring (bicyclic) bond motifs is 1. The molecule has 1 aromatic carbocycles. The van der Waals surface area contributed by atoms with Crippen molar-refractivity contribution in [3.8, 4) is 0 Å². The molecule has 0 bridgehead atoms. The highest BCUT2D eigenvalue weighted by Gasteiger charge is 2.24. The lowest BCUT2D eigenvalue weighted by Gasteiger charge is -2.32. The van der Waals surface area contributed by atoms with E-state index in [1.807, 2.05) is 19.0 Å². The van der Waals surface area contributed by atoms with Gasteiger partial charge < -0.3 is 10.2 Å². The molecule has 1 amide bonds. The van der Waals surface area contributed by atoms with Crippen LogP contribution in [0, 0.1) is 0 Å². The van der Waals surface area contributed by atoms with Crippen LogP contribution in [0.5, 0.6) is 0 Å². The number of hydrogen-bond acceptors (Lipinski definition) is 2. The summed E-state index contributed by atoms with van der Waals surface area (Å²) < 4.78 is 0. The average molecular weight is 246 g/mol. The van der Waals surface area contributed by atoms with Crippen molar-refractivity contribution in [1.82, 2.24) is 10.2 Å². The van der Waals surface area contributed by atoms with Gasteiger partial charge in [-0.2, -0.15) is 0 Å². The maximum Gasteiger partial charge on any atom is 0.223 e. The summed E-state index contributed by atoms with van der Waals surface area (Å²) in [7, 11) is 3.82. The lowest BCUT2D eigenvalue weighted by atomic mass is 9.87. The third kappa shape index (κ3) is 2.91. The fourth-order valence-electron chi connectivity index (χ4n) is 2.62. The highest BCUT2D eigenvalue weighted by atomic mass is 16.2. The molecule has 0 radical (unpaired) electrons. The van der Waals surface area contributed by atoms with E-state index in [9.17, 15) is 4.79 Å². The predicted octanol–water partition coefficient (Wildman–Crippen LogP) is 1.61. The molecule has 18 heavy (non-hydrogen) atoms. The topological polar surface area (TPSA) is 32.3 Å². The number of carbonyl (C=O) groups excluding carboxylic acids is 1. The molecule has 0 saturated carbocycles. The third-order valence-electron chi connectivity index (χ3n) is 3.85. The Balaban J connectivity index is 1.98. The van der Waals surface area contributed by atoms with E-state index >= 15 is 0 Å². The van der Waals surface area contributed by atoms with Crippen molar-refractivity contribution in [2.24, 2.45) is 0 Å². The van der Waals surface area contributed by atoms with E-state index in [4.69, 9.17) is 0 Å². The zero-order chi connectivity index (χ0) is 13.0. The molecule has 1 aliphatic rings. The Hall–Kier alpha value is -1.35. The SMILES string of the molecule is CNCCC(=O)N(C)C1CCc2ccccc2C1. The first-order chi connectivity index (χ1) is 8.72. The summed E-state index contributed by atoms with van der Waals surface area (Å²) >= 11 is 0. The van der Waals surface area contributed by atoms with Crippen molar-refractivity contribution in [3.63, 3.8) is 0 Å². The molecule has 1 aromatic rings. The first kappa shape index (κ1) is 13.1. The average Bonchev–Trinajstić information content (AvgIpc) is 2.43. The molecule has 0 saturated heterocycles. The maximum absolute atomic E-state index is 12.0. The van der Waals surface area contributed by atoms with Crippen molar-refractivity contribution in [2.45, 2.75) is 31.7 Å². The molecule has 0 spiro atoms. The highest BCUT2D eigenvalue weighted by Crippen LogP contribution is 2.24. The first-order valence-corrected chi connectivity index (χ1v) is 6.69. The molecule has 1 N–H and O–H groups in total. The number of nitrogens with zero attached hydrogens (tertiary/aromatic N) is 1. The van der Waals surface area contributed by atoms with Crippen LogP contribution in [0.1, 0.15) is 24.0 Å². The van der Waals surface area contributed by atoms with Crippen LogP contribution in [0.15, 0.2) is 24.3 Å². The second-order valence-electron chi connectivity index (χ2n) is 5.02. The summed E-state index contributed by atoms with van der Waals surface area (Å²) in [6.07, 6.45) is 3.76. The largest absolute Gasteiger partial charge is 0.342 e. The monoisotopic (exact) mass is 246 g/mol. The number of rotatable bonds is 4. The summed E-state index contributed by atoms with van der Waals surface area (Å²) in [5.41, 5.74) is 2.85. The summed E-state index contributed by atoms with van der Waals surface area (Å²) in [6.45, 7) is 0.756. The van der Waals surface area contributed by atoms with Gasteiger partial charge in [0, 0.05) is 26.1 Å². The van der Waals surface area contributed by atoms with E-state index in [-0.39, 0.29) is 5.91 Å². The number of likely N-dealkylation sites (N-methyl/N-ethyl adjacent to an activating group) is 1. The highest BCUT2D eigenvalue weighted by molar-refractivity contribution is 5.76. The Morgan fingerprint density at radius 3 is 2.83 bits per heavy atom. The van der Waals surface area contributed by atoms with Gasteiger partial charge in [0.2, 0.25) is 5.91 Å². The van der Waals surface area contributed by atoms with E-state index in [0.29, 0.717) is 12.5 Å². The maximum atomic E-state index is 12.0. The summed E-state index contributed by atoms with van der Waals surface area (Å²) in [5, 5.41) is 3.02. The van der Waals surface area contributed by atoms with Gasteiger partial charge >= 0.3 is 0 Å². The fourth-order valence-corrected chi connectivity index (χ4v) is 2.62. The van der Waals surface area contributed by atoms with Gasteiger partial charge in [-0.15, -0.1) is 0 Å². The molecule has 1 aliphatic carbocycles. The second-order valence-corrected chi connectivity index (χ2v) is 5.02. The summed E-state index contributed by atoms with van der Waals surface area (Å²) in [4.78, 5) is 13.9. The Morgan fingerprint density at radius 1 is 1.39 bits per heavy atom. The van der Waals surface area contributed by atoms with Gasteiger partial charge in [-0.05, 0) is 37.4 Å². The molecular formula is C15H22N2O. The lowest BCUT2D eigenvalue weighted by Crippen LogP contribution is -2.41. The van der Waals surface area contributed by atoms with Crippen LogP contribution in [-0.2, 0) is 17.6 Å². The van der Waals surface area contributed by atoms with Crippen molar-refractivity contribution in [2.75, 3.05) is 20.6 Å². The van der Waals surface area contributed by atoms with Crippen molar-refractivity contribution in [3.05, 3.63) is 35.4 Å². The minimum atomic E-state index is 0.244. The van der Waals surface area contributed by atoms with Crippen LogP contribution in [0.25, 0.3) is 0 Å². The predicted molar refractivity (Wildman–Crippen MR) is 73.6 cm³/mol. The van der Waals surface area contributed by atoms with Crippen molar-refractivity contribution < 1.29 is 4.79 Å². The van der Waals surface area contributed by atoms with Crippen LogP contribution in [0.4, 0.5) is 0 Å². The second kappa shape index (κ2) is 6.01. The molecular weight excluding hydrogens is 224 g/mol. The van der Waals surface area contributed by atoms with Gasteiger partial charge in [-0.1, -0.05) is 24.3 Å². The third-order valence-corrected chi connectivity index (χ3v) is 3.85. The van der Waals surface area contributed by atoms with Gasteiger partial charge in [0.05, 0.1) is 0 Å². The molecule has 98 valence electrons. The number of carbonyl (C=O) groups is 1. The summed E-state index contributed by atoms with van der Waals surface area (Å²) in [5.74, 6) is 0.244. The zero-order valence-electron chi connectivity index (χ0n) is 11.3.